The number of ketones is 1. The minimum atomic E-state index is -2.06. The normalized spacial score (nSPS) is 32.1. The van der Waals surface area contributed by atoms with Gasteiger partial charge in [0.15, 0.2) is 11.4 Å². The number of carbonyl (C=O) groups excluding carboxylic acids is 2. The molecule has 0 amide bonds. The van der Waals surface area contributed by atoms with Crippen molar-refractivity contribution in [2.45, 2.75) is 43.7 Å². The topological polar surface area (TPSA) is 114 Å². The molecule has 2 saturated heterocycles. The number of halogens is 2. The maximum Gasteiger partial charge on any atom is 0.336 e. The number of ether oxygens (including phenoxy) is 3. The summed E-state index contributed by atoms with van der Waals surface area (Å²) in [5, 5.41) is 24.9. The van der Waals surface area contributed by atoms with E-state index < -0.39 is 41.6 Å². The number of allylic oxidation sites excluding steroid dienone is 2. The molecule has 172 valence electrons. The first kappa shape index (κ1) is 23.2. The molecular formula is C22H23Cl2NO7. The molecule has 3 aliphatic rings. The summed E-state index contributed by atoms with van der Waals surface area (Å²) in [5.74, 6) is -2.32. The molecule has 1 unspecified atom stereocenters. The number of aliphatic hydroxyl groups excluding tert-OH is 1. The van der Waals surface area contributed by atoms with Gasteiger partial charge in [0.2, 0.25) is 0 Å². The molecule has 3 aliphatic heterocycles. The van der Waals surface area contributed by atoms with E-state index in [0.29, 0.717) is 17.0 Å². The van der Waals surface area contributed by atoms with Crippen LogP contribution in [-0.4, -0.2) is 66.2 Å². The Hall–Kier alpha value is -1.94. The van der Waals surface area contributed by atoms with Crippen molar-refractivity contribution in [3.63, 3.8) is 0 Å². The van der Waals surface area contributed by atoms with E-state index in [-0.39, 0.29) is 34.4 Å². The first-order valence-corrected chi connectivity index (χ1v) is 10.8. The lowest BCUT2D eigenvalue weighted by Gasteiger charge is -2.35. The monoisotopic (exact) mass is 483 g/mol. The van der Waals surface area contributed by atoms with Crippen LogP contribution in [-0.2, 0) is 23.8 Å². The second-order valence-electron chi connectivity index (χ2n) is 8.12. The van der Waals surface area contributed by atoms with Crippen LogP contribution in [0.15, 0.2) is 40.7 Å². The summed E-state index contributed by atoms with van der Waals surface area (Å²) < 4.78 is 16.0. The number of benzene rings is 1. The predicted octanol–water partition coefficient (Wildman–Crippen LogP) is 1.86. The number of hydrogen-bond donors (Lipinski definition) is 3. The van der Waals surface area contributed by atoms with Crippen LogP contribution in [0.2, 0.25) is 10.0 Å². The molecule has 0 spiro atoms. The van der Waals surface area contributed by atoms with Gasteiger partial charge >= 0.3 is 5.97 Å². The van der Waals surface area contributed by atoms with Crippen LogP contribution >= 0.6 is 23.2 Å². The van der Waals surface area contributed by atoms with Crippen molar-refractivity contribution in [1.29, 1.82) is 0 Å². The highest BCUT2D eigenvalue weighted by molar-refractivity contribution is 6.42. The lowest BCUT2D eigenvalue weighted by Crippen LogP contribution is -2.52. The Balaban J connectivity index is 1.87. The van der Waals surface area contributed by atoms with Crippen molar-refractivity contribution in [2.24, 2.45) is 0 Å². The maximum atomic E-state index is 13.9. The van der Waals surface area contributed by atoms with E-state index in [1.54, 1.807) is 32.0 Å². The minimum Gasteiger partial charge on any atom is -0.466 e. The fourth-order valence-corrected chi connectivity index (χ4v) is 5.08. The van der Waals surface area contributed by atoms with E-state index in [1.807, 2.05) is 0 Å². The molecule has 32 heavy (non-hydrogen) atoms. The first-order chi connectivity index (χ1) is 15.1. The van der Waals surface area contributed by atoms with Crippen LogP contribution in [0, 0.1) is 0 Å². The van der Waals surface area contributed by atoms with Gasteiger partial charge in [0.25, 0.3) is 0 Å². The van der Waals surface area contributed by atoms with E-state index in [1.165, 1.54) is 7.11 Å². The maximum absolute atomic E-state index is 13.9. The van der Waals surface area contributed by atoms with Gasteiger partial charge in [-0.3, -0.25) is 4.79 Å². The quantitative estimate of drug-likeness (QED) is 0.556. The van der Waals surface area contributed by atoms with Crippen molar-refractivity contribution in [1.82, 2.24) is 5.32 Å². The molecule has 0 aliphatic carbocycles. The van der Waals surface area contributed by atoms with E-state index in [9.17, 15) is 19.8 Å². The summed E-state index contributed by atoms with van der Waals surface area (Å²) in [6, 6.07) is 4.92. The Morgan fingerprint density at radius 1 is 1.19 bits per heavy atom. The van der Waals surface area contributed by atoms with Gasteiger partial charge in [-0.05, 0) is 25.5 Å². The number of Topliss-reactive ketones (excluding diaryl/α,β-unsaturated/α-hetero) is 1. The zero-order chi connectivity index (χ0) is 23.4. The van der Waals surface area contributed by atoms with Crippen molar-refractivity contribution >= 4 is 35.0 Å². The third kappa shape index (κ3) is 3.46. The van der Waals surface area contributed by atoms with Crippen LogP contribution in [0.5, 0.6) is 0 Å². The fourth-order valence-electron chi connectivity index (χ4n) is 4.67. The summed E-state index contributed by atoms with van der Waals surface area (Å²) in [7, 11) is 1.24. The first-order valence-electron chi connectivity index (χ1n) is 10.0. The van der Waals surface area contributed by atoms with Crippen LogP contribution < -0.4 is 5.32 Å². The highest BCUT2D eigenvalue weighted by atomic mass is 35.5. The molecule has 0 radical (unpaired) electrons. The number of aliphatic hydroxyl groups is 2. The zero-order valence-electron chi connectivity index (χ0n) is 17.6. The van der Waals surface area contributed by atoms with Gasteiger partial charge in [0.05, 0.1) is 35.9 Å². The smallest absolute Gasteiger partial charge is 0.336 e. The molecular weight excluding hydrogens is 461 g/mol. The Labute approximate surface area is 194 Å². The molecule has 3 heterocycles. The van der Waals surface area contributed by atoms with Gasteiger partial charge in [-0.1, -0.05) is 35.3 Å². The molecule has 4 rings (SSSR count). The summed E-state index contributed by atoms with van der Waals surface area (Å²) in [4.78, 5) is 26.7. The van der Waals surface area contributed by atoms with Crippen molar-refractivity contribution in [3.05, 3.63) is 56.3 Å². The summed E-state index contributed by atoms with van der Waals surface area (Å²) >= 11 is 12.7. The van der Waals surface area contributed by atoms with Gasteiger partial charge in [-0.15, -0.1) is 0 Å². The van der Waals surface area contributed by atoms with Gasteiger partial charge in [-0.2, -0.15) is 0 Å². The molecule has 1 aromatic carbocycles. The van der Waals surface area contributed by atoms with E-state index in [0.717, 1.165) is 0 Å². The number of fused-ring (bicyclic) bond motifs is 1. The largest absolute Gasteiger partial charge is 0.466 e. The van der Waals surface area contributed by atoms with Gasteiger partial charge in [0, 0.05) is 22.9 Å². The summed E-state index contributed by atoms with van der Waals surface area (Å²) in [6.07, 6.45) is -2.83. The van der Waals surface area contributed by atoms with Crippen LogP contribution in [0.25, 0.3) is 0 Å². The molecule has 3 N–H and O–H groups in total. The minimum absolute atomic E-state index is 0.0584. The Morgan fingerprint density at radius 3 is 2.56 bits per heavy atom. The average molecular weight is 484 g/mol. The third-order valence-electron chi connectivity index (χ3n) is 6.19. The highest BCUT2D eigenvalue weighted by Crippen LogP contribution is 2.46. The van der Waals surface area contributed by atoms with Crippen LogP contribution in [0.1, 0.15) is 25.3 Å². The van der Waals surface area contributed by atoms with Crippen molar-refractivity contribution < 1.29 is 34.0 Å². The highest BCUT2D eigenvalue weighted by Gasteiger charge is 2.61. The van der Waals surface area contributed by atoms with Crippen molar-refractivity contribution in [3.8, 4) is 0 Å². The molecule has 2 fully saturated rings. The summed E-state index contributed by atoms with van der Waals surface area (Å²) in [5.41, 5.74) is -0.469. The zero-order valence-corrected chi connectivity index (χ0v) is 19.2. The average Bonchev–Trinajstić information content (AvgIpc) is 3.30. The van der Waals surface area contributed by atoms with Crippen LogP contribution in [0.4, 0.5) is 0 Å². The lowest BCUT2D eigenvalue weighted by atomic mass is 9.74. The van der Waals surface area contributed by atoms with E-state index in [2.05, 4.69) is 5.32 Å². The molecule has 0 aromatic heterocycles. The van der Waals surface area contributed by atoms with Gasteiger partial charge in [0.1, 0.15) is 18.3 Å². The Bertz CT molecular complexity index is 1050. The van der Waals surface area contributed by atoms with Crippen LogP contribution in [0.3, 0.4) is 0 Å². The summed E-state index contributed by atoms with van der Waals surface area (Å²) in [6.45, 7) is 2.93. The van der Waals surface area contributed by atoms with E-state index in [4.69, 9.17) is 37.4 Å². The second kappa shape index (κ2) is 8.44. The predicted molar refractivity (Wildman–Crippen MR) is 115 cm³/mol. The third-order valence-corrected chi connectivity index (χ3v) is 7.02. The van der Waals surface area contributed by atoms with E-state index >= 15 is 0 Å². The van der Waals surface area contributed by atoms with Crippen molar-refractivity contribution in [2.75, 3.05) is 20.3 Å². The van der Waals surface area contributed by atoms with Gasteiger partial charge < -0.3 is 29.7 Å². The number of nitrogens with one attached hydrogen (secondary N) is 1. The molecule has 0 saturated carbocycles. The number of rotatable bonds is 4. The number of dihydropyridines is 1. The molecule has 10 heteroatoms. The number of methoxy groups -OCH3 is 1. The fraction of sp³-hybridized carbons (Fsp3) is 0.455. The molecule has 5 atom stereocenters. The second-order valence-corrected chi connectivity index (χ2v) is 8.91. The Morgan fingerprint density at radius 2 is 1.88 bits per heavy atom. The molecule has 0 bridgehead atoms. The standard InChI is InChI=1S/C22H23Cl2NO7/c1-9-14(19(27)22(29)8-32-18-13(26)7-31-20(18)22)16(11-5-4-6-12(23)17(11)24)15(10(2)25-9)21(28)30-3/h4-6,13,16,18,20,25-26,29H,7-8H2,1-3H3/t13-,16?,18+,20-,22-/m0/s1. The SMILES string of the molecule is COC(=O)C1=C(C)NC(C)=C(C(=O)[C@@]2(O)CO[C@@H]3[C@@H](O)CO[C@@H]32)C1c1cccc(Cl)c1Cl. The number of hydrogen-bond acceptors (Lipinski definition) is 8. The molecule has 1 aromatic rings. The number of carbonyl (C=O) groups is 2. The Kier molecular flexibility index (Phi) is 6.13. The van der Waals surface area contributed by atoms with Gasteiger partial charge in [-0.25, -0.2) is 4.79 Å². The lowest BCUT2D eigenvalue weighted by molar-refractivity contribution is -0.144. The molecule has 8 nitrogen and oxygen atoms in total. The number of esters is 1.